The van der Waals surface area contributed by atoms with Gasteiger partial charge in [-0.05, 0) is 18.9 Å². The first-order valence-electron chi connectivity index (χ1n) is 5.67. The monoisotopic (exact) mass is 218 g/mol. The van der Waals surface area contributed by atoms with Crippen LogP contribution in [-0.4, -0.2) is 11.6 Å². The van der Waals surface area contributed by atoms with Crippen molar-refractivity contribution in [3.05, 3.63) is 35.4 Å². The second-order valence-electron chi connectivity index (χ2n) is 4.22. The van der Waals surface area contributed by atoms with Gasteiger partial charge in [-0.1, -0.05) is 38.1 Å². The Kier molecular flexibility index (Phi) is 4.41. The molecule has 1 unspecified atom stereocenters. The van der Waals surface area contributed by atoms with Gasteiger partial charge in [-0.25, -0.2) is 0 Å². The van der Waals surface area contributed by atoms with Crippen LogP contribution in [0.25, 0.3) is 0 Å². The maximum Gasteiger partial charge on any atom is 0.166 e. The molecule has 0 fully saturated rings. The second kappa shape index (κ2) is 5.59. The maximum atomic E-state index is 11.9. The average molecular weight is 218 g/mol. The highest BCUT2D eigenvalue weighted by Crippen LogP contribution is 2.13. The first-order chi connectivity index (χ1) is 7.54. The van der Waals surface area contributed by atoms with E-state index in [0.717, 1.165) is 6.42 Å². The predicted octanol–water partition coefficient (Wildman–Crippen LogP) is 3.05. The van der Waals surface area contributed by atoms with E-state index in [0.29, 0.717) is 12.0 Å². The molecular formula is C14H18O2. The quantitative estimate of drug-likeness (QED) is 0.712. The van der Waals surface area contributed by atoms with Crippen molar-refractivity contribution in [3.8, 4) is 0 Å². The van der Waals surface area contributed by atoms with Crippen LogP contribution in [0.15, 0.2) is 24.3 Å². The van der Waals surface area contributed by atoms with E-state index in [9.17, 15) is 9.59 Å². The SMILES string of the molecule is CCc1ccc(C(=O)C(C)CC(C)=O)cc1. The Morgan fingerprint density at radius 3 is 2.19 bits per heavy atom. The summed E-state index contributed by atoms with van der Waals surface area (Å²) in [6, 6.07) is 7.62. The van der Waals surface area contributed by atoms with Gasteiger partial charge in [0.05, 0.1) is 0 Å². The molecule has 0 saturated carbocycles. The third-order valence-corrected chi connectivity index (χ3v) is 2.69. The van der Waals surface area contributed by atoms with Gasteiger partial charge in [0.15, 0.2) is 5.78 Å². The minimum atomic E-state index is -0.218. The molecule has 1 aromatic rings. The molecule has 2 heteroatoms. The molecule has 0 aliphatic carbocycles. The van der Waals surface area contributed by atoms with Gasteiger partial charge < -0.3 is 4.79 Å². The zero-order valence-electron chi connectivity index (χ0n) is 10.1. The summed E-state index contributed by atoms with van der Waals surface area (Å²) in [5.41, 5.74) is 1.92. The summed E-state index contributed by atoms with van der Waals surface area (Å²) >= 11 is 0. The summed E-state index contributed by atoms with van der Waals surface area (Å²) in [4.78, 5) is 22.9. The molecule has 0 spiro atoms. The van der Waals surface area contributed by atoms with Crippen molar-refractivity contribution in [3.63, 3.8) is 0 Å². The Hall–Kier alpha value is -1.44. The maximum absolute atomic E-state index is 11.9. The topological polar surface area (TPSA) is 34.1 Å². The Morgan fingerprint density at radius 1 is 1.19 bits per heavy atom. The normalized spacial score (nSPS) is 12.2. The molecule has 16 heavy (non-hydrogen) atoms. The highest BCUT2D eigenvalue weighted by atomic mass is 16.1. The van der Waals surface area contributed by atoms with Crippen LogP contribution in [0.1, 0.15) is 43.1 Å². The first-order valence-corrected chi connectivity index (χ1v) is 5.67. The molecule has 0 radical (unpaired) electrons. The number of hydrogen-bond acceptors (Lipinski definition) is 2. The highest BCUT2D eigenvalue weighted by molar-refractivity contribution is 5.99. The van der Waals surface area contributed by atoms with E-state index in [4.69, 9.17) is 0 Å². The zero-order chi connectivity index (χ0) is 12.1. The minimum absolute atomic E-state index is 0.0536. The van der Waals surface area contributed by atoms with Crippen LogP contribution in [-0.2, 0) is 11.2 Å². The summed E-state index contributed by atoms with van der Waals surface area (Å²) in [7, 11) is 0. The fourth-order valence-corrected chi connectivity index (χ4v) is 1.71. The van der Waals surface area contributed by atoms with Crippen molar-refractivity contribution < 1.29 is 9.59 Å². The second-order valence-corrected chi connectivity index (χ2v) is 4.22. The Balaban J connectivity index is 2.75. The first kappa shape index (κ1) is 12.6. The summed E-state index contributed by atoms with van der Waals surface area (Å²) in [5.74, 6) is -0.103. The largest absolute Gasteiger partial charge is 0.300 e. The molecule has 86 valence electrons. The molecule has 1 rings (SSSR count). The van der Waals surface area contributed by atoms with Crippen LogP contribution in [0.3, 0.4) is 0 Å². The van der Waals surface area contributed by atoms with E-state index in [-0.39, 0.29) is 17.5 Å². The summed E-state index contributed by atoms with van der Waals surface area (Å²) in [6.45, 7) is 5.40. The van der Waals surface area contributed by atoms with Gasteiger partial charge in [0.1, 0.15) is 5.78 Å². The van der Waals surface area contributed by atoms with Gasteiger partial charge in [0.25, 0.3) is 0 Å². The average Bonchev–Trinajstić information content (AvgIpc) is 2.27. The van der Waals surface area contributed by atoms with Gasteiger partial charge >= 0.3 is 0 Å². The van der Waals surface area contributed by atoms with Gasteiger partial charge in [-0.3, -0.25) is 4.79 Å². The molecule has 1 aromatic carbocycles. The van der Waals surface area contributed by atoms with Crippen molar-refractivity contribution in [1.82, 2.24) is 0 Å². The molecule has 0 N–H and O–H groups in total. The molecule has 0 bridgehead atoms. The number of hydrogen-bond donors (Lipinski definition) is 0. The van der Waals surface area contributed by atoms with Gasteiger partial charge in [0, 0.05) is 17.9 Å². The smallest absolute Gasteiger partial charge is 0.166 e. The molecular weight excluding hydrogens is 200 g/mol. The van der Waals surface area contributed by atoms with E-state index in [1.807, 2.05) is 24.3 Å². The lowest BCUT2D eigenvalue weighted by molar-refractivity contribution is -0.117. The molecule has 0 aliphatic rings. The fraction of sp³-hybridized carbons (Fsp3) is 0.429. The third kappa shape index (κ3) is 3.30. The Morgan fingerprint density at radius 2 is 1.75 bits per heavy atom. The minimum Gasteiger partial charge on any atom is -0.300 e. The van der Waals surface area contributed by atoms with Crippen molar-refractivity contribution in [2.24, 2.45) is 5.92 Å². The van der Waals surface area contributed by atoms with Crippen LogP contribution >= 0.6 is 0 Å². The number of aryl methyl sites for hydroxylation is 1. The summed E-state index contributed by atoms with van der Waals surface area (Å²) in [6.07, 6.45) is 1.30. The Bertz CT molecular complexity index is 376. The number of ketones is 2. The van der Waals surface area contributed by atoms with Crippen molar-refractivity contribution in [2.75, 3.05) is 0 Å². The van der Waals surface area contributed by atoms with E-state index in [1.54, 1.807) is 6.92 Å². The number of carbonyl (C=O) groups excluding carboxylic acids is 2. The molecule has 0 heterocycles. The highest BCUT2D eigenvalue weighted by Gasteiger charge is 2.16. The van der Waals surface area contributed by atoms with Crippen LogP contribution in [0, 0.1) is 5.92 Å². The van der Waals surface area contributed by atoms with Gasteiger partial charge in [0.2, 0.25) is 0 Å². The molecule has 0 amide bonds. The van der Waals surface area contributed by atoms with E-state index < -0.39 is 0 Å². The fourth-order valence-electron chi connectivity index (χ4n) is 1.71. The van der Waals surface area contributed by atoms with Crippen LogP contribution < -0.4 is 0 Å². The van der Waals surface area contributed by atoms with E-state index >= 15 is 0 Å². The van der Waals surface area contributed by atoms with E-state index in [2.05, 4.69) is 6.92 Å². The third-order valence-electron chi connectivity index (χ3n) is 2.69. The van der Waals surface area contributed by atoms with Crippen LogP contribution in [0.4, 0.5) is 0 Å². The van der Waals surface area contributed by atoms with Crippen molar-refractivity contribution >= 4 is 11.6 Å². The lowest BCUT2D eigenvalue weighted by Crippen LogP contribution is -2.14. The summed E-state index contributed by atoms with van der Waals surface area (Å²) < 4.78 is 0. The molecule has 0 aromatic heterocycles. The van der Waals surface area contributed by atoms with Crippen LogP contribution in [0.5, 0.6) is 0 Å². The Labute approximate surface area is 96.7 Å². The standard InChI is InChI=1S/C14H18O2/c1-4-12-5-7-13(8-6-12)14(16)10(2)9-11(3)15/h5-8,10H,4,9H2,1-3H3. The van der Waals surface area contributed by atoms with Gasteiger partial charge in [-0.15, -0.1) is 0 Å². The lowest BCUT2D eigenvalue weighted by atomic mass is 9.94. The zero-order valence-corrected chi connectivity index (χ0v) is 10.1. The predicted molar refractivity (Wildman–Crippen MR) is 64.6 cm³/mol. The van der Waals surface area contributed by atoms with Crippen molar-refractivity contribution in [1.29, 1.82) is 0 Å². The summed E-state index contributed by atoms with van der Waals surface area (Å²) in [5, 5.41) is 0. The van der Waals surface area contributed by atoms with Gasteiger partial charge in [-0.2, -0.15) is 0 Å². The molecule has 2 nitrogen and oxygen atoms in total. The molecule has 1 atom stereocenters. The number of Topliss-reactive ketones (excluding diaryl/α,β-unsaturated/α-hetero) is 2. The molecule has 0 saturated heterocycles. The van der Waals surface area contributed by atoms with E-state index in [1.165, 1.54) is 12.5 Å². The van der Waals surface area contributed by atoms with Crippen molar-refractivity contribution in [2.45, 2.75) is 33.6 Å². The molecule has 0 aliphatic heterocycles. The number of benzene rings is 1. The number of carbonyl (C=O) groups is 2. The number of rotatable bonds is 5. The lowest BCUT2D eigenvalue weighted by Gasteiger charge is -2.08. The van der Waals surface area contributed by atoms with Crippen LogP contribution in [0.2, 0.25) is 0 Å².